The van der Waals surface area contributed by atoms with Crippen LogP contribution in [-0.4, -0.2) is 35.6 Å². The molecule has 4 heteroatoms. The molecule has 0 spiro atoms. The maximum Gasteiger partial charge on any atom is 0.257 e. The van der Waals surface area contributed by atoms with Crippen molar-refractivity contribution in [3.8, 4) is 0 Å². The average molecular weight is 225 g/mol. The topological polar surface area (TPSA) is 53.7 Å². The molecule has 0 radical (unpaired) electrons. The monoisotopic (exact) mass is 225 g/mol. The van der Waals surface area contributed by atoms with Crippen molar-refractivity contribution in [3.63, 3.8) is 0 Å². The van der Waals surface area contributed by atoms with Crippen LogP contribution in [0.2, 0.25) is 0 Å². The summed E-state index contributed by atoms with van der Waals surface area (Å²) in [6.07, 6.45) is 0. The molecular formula is C12H19NO3. The largest absolute Gasteiger partial charge is 0.466 e. The summed E-state index contributed by atoms with van der Waals surface area (Å²) >= 11 is 0. The van der Waals surface area contributed by atoms with Crippen LogP contribution in [0.4, 0.5) is 0 Å². The summed E-state index contributed by atoms with van der Waals surface area (Å²) in [6.45, 7) is 8.34. The highest BCUT2D eigenvalue weighted by molar-refractivity contribution is 5.96. The minimum absolute atomic E-state index is 0.0193. The second-order valence-corrected chi connectivity index (χ2v) is 3.82. The molecule has 0 bridgehead atoms. The van der Waals surface area contributed by atoms with Gasteiger partial charge in [0.05, 0.1) is 12.2 Å². The van der Waals surface area contributed by atoms with Crippen LogP contribution < -0.4 is 0 Å². The molecule has 0 aromatic carbocycles. The summed E-state index contributed by atoms with van der Waals surface area (Å²) in [5.41, 5.74) is 1.52. The van der Waals surface area contributed by atoms with E-state index < -0.39 is 0 Å². The number of aryl methyl sites for hydroxylation is 2. The Morgan fingerprint density at radius 1 is 1.31 bits per heavy atom. The van der Waals surface area contributed by atoms with E-state index in [4.69, 9.17) is 9.52 Å². The fourth-order valence-electron chi connectivity index (χ4n) is 1.79. The highest BCUT2D eigenvalue weighted by atomic mass is 16.3. The highest BCUT2D eigenvalue weighted by Gasteiger charge is 2.22. The molecule has 4 nitrogen and oxygen atoms in total. The van der Waals surface area contributed by atoms with E-state index in [1.807, 2.05) is 20.8 Å². The zero-order chi connectivity index (χ0) is 12.3. The van der Waals surface area contributed by atoms with Gasteiger partial charge in [0.2, 0.25) is 0 Å². The summed E-state index contributed by atoms with van der Waals surface area (Å²) in [4.78, 5) is 13.8. The van der Waals surface area contributed by atoms with Gasteiger partial charge in [-0.3, -0.25) is 4.79 Å². The van der Waals surface area contributed by atoms with E-state index >= 15 is 0 Å². The molecule has 1 N–H and O–H groups in total. The maximum absolute atomic E-state index is 12.2. The number of carbonyl (C=O) groups is 1. The Hall–Kier alpha value is -1.29. The average Bonchev–Trinajstić information content (AvgIpc) is 2.49. The molecule has 0 aliphatic rings. The van der Waals surface area contributed by atoms with Crippen LogP contribution >= 0.6 is 0 Å². The summed E-state index contributed by atoms with van der Waals surface area (Å²) in [7, 11) is 0. The maximum atomic E-state index is 12.2. The van der Waals surface area contributed by atoms with E-state index in [2.05, 4.69) is 0 Å². The van der Waals surface area contributed by atoms with Crippen molar-refractivity contribution < 1.29 is 14.3 Å². The lowest BCUT2D eigenvalue weighted by atomic mass is 10.1. The van der Waals surface area contributed by atoms with E-state index in [0.29, 0.717) is 24.4 Å². The molecule has 0 aliphatic heterocycles. The molecule has 0 saturated carbocycles. The molecular weight excluding hydrogens is 206 g/mol. The second kappa shape index (κ2) is 5.16. The minimum atomic E-state index is -0.0663. The number of nitrogens with zero attached hydrogens (tertiary/aromatic N) is 1. The van der Waals surface area contributed by atoms with Crippen molar-refractivity contribution >= 4 is 5.91 Å². The number of aliphatic hydroxyl groups excluding tert-OH is 1. The minimum Gasteiger partial charge on any atom is -0.466 e. The molecule has 0 saturated heterocycles. The Balaban J connectivity index is 3.03. The lowest BCUT2D eigenvalue weighted by Crippen LogP contribution is -2.33. The van der Waals surface area contributed by atoms with Gasteiger partial charge in [0.15, 0.2) is 0 Å². The molecule has 0 unspecified atom stereocenters. The van der Waals surface area contributed by atoms with Gasteiger partial charge >= 0.3 is 0 Å². The predicted octanol–water partition coefficient (Wildman–Crippen LogP) is 1.66. The van der Waals surface area contributed by atoms with Crippen LogP contribution in [0.3, 0.4) is 0 Å². The quantitative estimate of drug-likeness (QED) is 0.847. The molecule has 1 aromatic rings. The van der Waals surface area contributed by atoms with Gasteiger partial charge in [0.1, 0.15) is 11.5 Å². The number of amides is 1. The van der Waals surface area contributed by atoms with Gasteiger partial charge in [0, 0.05) is 18.7 Å². The van der Waals surface area contributed by atoms with E-state index in [0.717, 1.165) is 11.3 Å². The molecule has 0 aliphatic carbocycles. The number of furan rings is 1. The van der Waals surface area contributed by atoms with Gasteiger partial charge in [-0.2, -0.15) is 0 Å². The molecule has 90 valence electrons. The van der Waals surface area contributed by atoms with Crippen LogP contribution in [-0.2, 0) is 0 Å². The van der Waals surface area contributed by atoms with Gasteiger partial charge in [-0.25, -0.2) is 0 Å². The number of carbonyl (C=O) groups excluding carboxylic acids is 1. The number of likely N-dealkylation sites (N-methyl/N-ethyl adjacent to an activating group) is 1. The molecule has 1 heterocycles. The lowest BCUT2D eigenvalue weighted by molar-refractivity contribution is 0.0729. The smallest absolute Gasteiger partial charge is 0.257 e. The lowest BCUT2D eigenvalue weighted by Gasteiger charge is -2.19. The third-order valence-corrected chi connectivity index (χ3v) is 2.81. The summed E-state index contributed by atoms with van der Waals surface area (Å²) in [5.74, 6) is 1.36. The van der Waals surface area contributed by atoms with Crippen LogP contribution in [0.1, 0.15) is 34.4 Å². The molecule has 1 rings (SSSR count). The van der Waals surface area contributed by atoms with Crippen molar-refractivity contribution in [1.82, 2.24) is 4.90 Å². The first-order valence-corrected chi connectivity index (χ1v) is 5.49. The number of aliphatic hydroxyl groups is 1. The van der Waals surface area contributed by atoms with Gasteiger partial charge in [-0.15, -0.1) is 0 Å². The summed E-state index contributed by atoms with van der Waals surface area (Å²) in [6, 6.07) is 0. The number of hydrogen-bond donors (Lipinski definition) is 1. The highest BCUT2D eigenvalue weighted by Crippen LogP contribution is 2.22. The van der Waals surface area contributed by atoms with Crippen molar-refractivity contribution in [1.29, 1.82) is 0 Å². The van der Waals surface area contributed by atoms with Gasteiger partial charge in [-0.05, 0) is 27.7 Å². The normalized spacial score (nSPS) is 10.6. The van der Waals surface area contributed by atoms with Crippen LogP contribution in [0.25, 0.3) is 0 Å². The SMILES string of the molecule is CCN(CCO)C(=O)c1c(C)oc(C)c1C. The van der Waals surface area contributed by atoms with Crippen LogP contribution in [0, 0.1) is 20.8 Å². The third-order valence-electron chi connectivity index (χ3n) is 2.81. The van der Waals surface area contributed by atoms with Crippen LogP contribution in [0.5, 0.6) is 0 Å². The molecule has 1 amide bonds. The Kier molecular flexibility index (Phi) is 4.12. The fourth-order valence-corrected chi connectivity index (χ4v) is 1.79. The first-order chi connectivity index (χ1) is 7.52. The van der Waals surface area contributed by atoms with Gasteiger partial charge in [-0.1, -0.05) is 0 Å². The Morgan fingerprint density at radius 3 is 2.31 bits per heavy atom. The van der Waals surface area contributed by atoms with E-state index in [1.54, 1.807) is 11.8 Å². The first kappa shape index (κ1) is 12.8. The van der Waals surface area contributed by atoms with Crippen molar-refractivity contribution in [2.45, 2.75) is 27.7 Å². The molecule has 0 atom stereocenters. The van der Waals surface area contributed by atoms with E-state index in [9.17, 15) is 4.79 Å². The third kappa shape index (κ3) is 2.27. The molecule has 16 heavy (non-hydrogen) atoms. The predicted molar refractivity (Wildman–Crippen MR) is 61.6 cm³/mol. The van der Waals surface area contributed by atoms with Gasteiger partial charge < -0.3 is 14.4 Å². The van der Waals surface area contributed by atoms with Crippen molar-refractivity contribution in [2.24, 2.45) is 0 Å². The molecule has 1 aromatic heterocycles. The Bertz CT molecular complexity index is 382. The summed E-state index contributed by atoms with van der Waals surface area (Å²) in [5, 5.41) is 8.89. The van der Waals surface area contributed by atoms with E-state index in [-0.39, 0.29) is 12.5 Å². The fraction of sp³-hybridized carbons (Fsp3) is 0.583. The van der Waals surface area contributed by atoms with Gasteiger partial charge in [0.25, 0.3) is 5.91 Å². The van der Waals surface area contributed by atoms with E-state index in [1.165, 1.54) is 0 Å². The first-order valence-electron chi connectivity index (χ1n) is 5.49. The number of rotatable bonds is 4. The van der Waals surface area contributed by atoms with Crippen molar-refractivity contribution in [2.75, 3.05) is 19.7 Å². The zero-order valence-electron chi connectivity index (χ0n) is 10.3. The zero-order valence-corrected chi connectivity index (χ0v) is 10.3. The second-order valence-electron chi connectivity index (χ2n) is 3.82. The molecule has 0 fully saturated rings. The number of hydrogen-bond acceptors (Lipinski definition) is 3. The Labute approximate surface area is 95.9 Å². The Morgan fingerprint density at radius 2 is 1.94 bits per heavy atom. The van der Waals surface area contributed by atoms with Crippen molar-refractivity contribution in [3.05, 3.63) is 22.6 Å². The van der Waals surface area contributed by atoms with Crippen LogP contribution in [0.15, 0.2) is 4.42 Å². The summed E-state index contributed by atoms with van der Waals surface area (Å²) < 4.78 is 5.43. The standard InChI is InChI=1S/C12H19NO3/c1-5-13(6-7-14)12(15)11-8(2)9(3)16-10(11)4/h14H,5-7H2,1-4H3.